The first-order valence-corrected chi connectivity index (χ1v) is 10.4. The number of nitrogens with zero attached hydrogens (tertiary/aromatic N) is 3. The molecule has 2 aromatic heterocycles. The average Bonchev–Trinajstić information content (AvgIpc) is 2.96. The van der Waals surface area contributed by atoms with Crippen molar-refractivity contribution in [3.8, 4) is 0 Å². The van der Waals surface area contributed by atoms with E-state index >= 15 is 0 Å². The van der Waals surface area contributed by atoms with E-state index in [2.05, 4.69) is 48.5 Å². The van der Waals surface area contributed by atoms with Crippen LogP contribution in [0.2, 0.25) is 0 Å². The molecule has 0 saturated carbocycles. The van der Waals surface area contributed by atoms with Gasteiger partial charge in [0.15, 0.2) is 5.16 Å². The second-order valence-corrected chi connectivity index (χ2v) is 7.95. The summed E-state index contributed by atoms with van der Waals surface area (Å²) in [4.78, 5) is 20.3. The summed E-state index contributed by atoms with van der Waals surface area (Å²) in [7, 11) is 0. The number of imidazole rings is 1. The molecule has 3 rings (SSSR count). The number of hydrogen-bond donors (Lipinski definition) is 1. The van der Waals surface area contributed by atoms with Gasteiger partial charge in [-0.05, 0) is 43.5 Å². The van der Waals surface area contributed by atoms with E-state index in [-0.39, 0.29) is 11.7 Å². The number of carbonyl (C=O) groups is 1. The fourth-order valence-corrected chi connectivity index (χ4v) is 4.27. The molecule has 6 heteroatoms. The second-order valence-electron chi connectivity index (χ2n) is 7.01. The van der Waals surface area contributed by atoms with Crippen molar-refractivity contribution in [2.75, 3.05) is 5.75 Å². The van der Waals surface area contributed by atoms with Crippen LogP contribution >= 0.6 is 11.8 Å². The van der Waals surface area contributed by atoms with E-state index in [1.807, 2.05) is 12.1 Å². The number of amides is 1. The van der Waals surface area contributed by atoms with Gasteiger partial charge in [0.25, 0.3) is 0 Å². The van der Waals surface area contributed by atoms with Gasteiger partial charge >= 0.3 is 0 Å². The van der Waals surface area contributed by atoms with Crippen LogP contribution in [0.15, 0.2) is 47.9 Å². The Morgan fingerprint density at radius 3 is 2.39 bits per heavy atom. The van der Waals surface area contributed by atoms with Gasteiger partial charge in [0.2, 0.25) is 5.91 Å². The molecule has 3 aromatic rings. The van der Waals surface area contributed by atoms with Gasteiger partial charge in [0.1, 0.15) is 0 Å². The van der Waals surface area contributed by atoms with Crippen molar-refractivity contribution in [1.82, 2.24) is 14.5 Å². The Balaban J connectivity index is 1.99. The van der Waals surface area contributed by atoms with Crippen molar-refractivity contribution >= 4 is 17.7 Å². The summed E-state index contributed by atoms with van der Waals surface area (Å²) < 4.78 is 2.21. The second kappa shape index (κ2) is 9.06. The molecule has 0 atom stereocenters. The molecule has 2 heterocycles. The summed E-state index contributed by atoms with van der Waals surface area (Å²) >= 11 is 1.40. The molecule has 0 radical (unpaired) electrons. The van der Waals surface area contributed by atoms with Gasteiger partial charge < -0.3 is 10.3 Å². The molecule has 2 N–H and O–H groups in total. The van der Waals surface area contributed by atoms with E-state index < -0.39 is 0 Å². The van der Waals surface area contributed by atoms with Gasteiger partial charge in [-0.25, -0.2) is 4.98 Å². The van der Waals surface area contributed by atoms with Crippen LogP contribution in [0.3, 0.4) is 0 Å². The minimum atomic E-state index is -0.336. The number of hydrogen-bond acceptors (Lipinski definition) is 4. The van der Waals surface area contributed by atoms with Crippen LogP contribution in [-0.4, -0.2) is 26.2 Å². The quantitative estimate of drug-likeness (QED) is 0.592. The largest absolute Gasteiger partial charge is 0.369 e. The minimum Gasteiger partial charge on any atom is -0.369 e. The summed E-state index contributed by atoms with van der Waals surface area (Å²) in [5, 5.41) is 0.840. The molecule has 0 bridgehead atoms. The third-order valence-corrected chi connectivity index (χ3v) is 5.54. The third-order valence-electron chi connectivity index (χ3n) is 4.54. The summed E-state index contributed by atoms with van der Waals surface area (Å²) in [5.74, 6) is -0.114. The number of aromatic nitrogens is 3. The minimum absolute atomic E-state index is 0.222. The fraction of sp³-hybridized carbons (Fsp3) is 0.318. The summed E-state index contributed by atoms with van der Waals surface area (Å²) in [5.41, 5.74) is 12.6. The molecule has 0 aliphatic heterocycles. The molecule has 0 saturated heterocycles. The van der Waals surface area contributed by atoms with E-state index in [0.29, 0.717) is 6.54 Å². The lowest BCUT2D eigenvalue weighted by molar-refractivity contribution is -0.115. The van der Waals surface area contributed by atoms with E-state index in [1.54, 1.807) is 12.4 Å². The zero-order chi connectivity index (χ0) is 20.1. The van der Waals surface area contributed by atoms with Gasteiger partial charge in [-0.3, -0.25) is 9.78 Å². The monoisotopic (exact) mass is 394 g/mol. The number of rotatable bonds is 8. The third kappa shape index (κ3) is 5.01. The molecule has 0 spiro atoms. The van der Waals surface area contributed by atoms with Crippen molar-refractivity contribution in [2.24, 2.45) is 5.73 Å². The van der Waals surface area contributed by atoms with E-state index in [4.69, 9.17) is 10.7 Å². The normalized spacial score (nSPS) is 11.0. The van der Waals surface area contributed by atoms with E-state index in [1.165, 1.54) is 34.1 Å². The Morgan fingerprint density at radius 1 is 1.11 bits per heavy atom. The van der Waals surface area contributed by atoms with Crippen LogP contribution in [0.4, 0.5) is 0 Å². The van der Waals surface area contributed by atoms with Crippen LogP contribution in [-0.2, 0) is 24.2 Å². The van der Waals surface area contributed by atoms with Crippen molar-refractivity contribution in [2.45, 2.75) is 45.3 Å². The average molecular weight is 395 g/mol. The van der Waals surface area contributed by atoms with Crippen LogP contribution in [0.1, 0.15) is 40.6 Å². The van der Waals surface area contributed by atoms with E-state index in [0.717, 1.165) is 29.3 Å². The maximum Gasteiger partial charge on any atom is 0.227 e. The number of primary amides is 1. The lowest BCUT2D eigenvalue weighted by atomic mass is 10.0. The Hall–Kier alpha value is -2.60. The van der Waals surface area contributed by atoms with Gasteiger partial charge in [0, 0.05) is 31.1 Å². The Morgan fingerprint density at radius 2 is 1.79 bits per heavy atom. The number of thioether (sulfide) groups is 1. The van der Waals surface area contributed by atoms with Crippen molar-refractivity contribution < 1.29 is 4.79 Å². The summed E-state index contributed by atoms with van der Waals surface area (Å²) in [6.07, 6.45) is 5.24. The van der Waals surface area contributed by atoms with Crippen molar-refractivity contribution in [1.29, 1.82) is 0 Å². The Kier molecular flexibility index (Phi) is 6.52. The zero-order valence-electron chi connectivity index (χ0n) is 16.6. The highest BCUT2D eigenvalue weighted by Crippen LogP contribution is 2.26. The molecule has 0 fully saturated rings. The maximum atomic E-state index is 11.3. The van der Waals surface area contributed by atoms with Crippen molar-refractivity contribution in [3.05, 3.63) is 76.4 Å². The fourth-order valence-electron chi connectivity index (χ4n) is 3.49. The number of carbonyl (C=O) groups excluding carboxylic acids is 1. The van der Waals surface area contributed by atoms with Crippen LogP contribution in [0, 0.1) is 13.8 Å². The SMILES string of the molecule is CCc1c(Cc2cc(C)cc(C)c2)nc(SCC(N)=O)n1Cc1ccncc1. The first-order chi connectivity index (χ1) is 13.5. The predicted molar refractivity (Wildman–Crippen MR) is 114 cm³/mol. The molecule has 5 nitrogen and oxygen atoms in total. The molecule has 1 amide bonds. The smallest absolute Gasteiger partial charge is 0.227 e. The summed E-state index contributed by atoms with van der Waals surface area (Å²) in [6, 6.07) is 10.6. The highest BCUT2D eigenvalue weighted by Gasteiger charge is 2.18. The summed E-state index contributed by atoms with van der Waals surface area (Å²) in [6.45, 7) is 7.08. The molecule has 28 heavy (non-hydrogen) atoms. The molecule has 1 aromatic carbocycles. The van der Waals surface area contributed by atoms with Crippen molar-refractivity contribution in [3.63, 3.8) is 0 Å². The van der Waals surface area contributed by atoms with E-state index in [9.17, 15) is 4.79 Å². The number of aryl methyl sites for hydroxylation is 2. The van der Waals surface area contributed by atoms with Crippen LogP contribution in [0.25, 0.3) is 0 Å². The number of benzene rings is 1. The van der Waals surface area contributed by atoms with Gasteiger partial charge in [-0.1, -0.05) is 48.0 Å². The molecule has 0 unspecified atom stereocenters. The van der Waals surface area contributed by atoms with Gasteiger partial charge in [-0.15, -0.1) is 0 Å². The molecule has 146 valence electrons. The lowest BCUT2D eigenvalue weighted by Gasteiger charge is -2.11. The highest BCUT2D eigenvalue weighted by atomic mass is 32.2. The topological polar surface area (TPSA) is 73.8 Å². The van der Waals surface area contributed by atoms with Crippen LogP contribution in [0.5, 0.6) is 0 Å². The number of nitrogens with two attached hydrogens (primary N) is 1. The molecule has 0 aliphatic carbocycles. The molecular weight excluding hydrogens is 368 g/mol. The van der Waals surface area contributed by atoms with Gasteiger partial charge in [-0.2, -0.15) is 0 Å². The molecule has 0 aliphatic rings. The van der Waals surface area contributed by atoms with Gasteiger partial charge in [0.05, 0.1) is 11.4 Å². The molecular formula is C22H26N4OS. The zero-order valence-corrected chi connectivity index (χ0v) is 17.4. The lowest BCUT2D eigenvalue weighted by Crippen LogP contribution is -2.14. The Bertz CT molecular complexity index is 946. The predicted octanol–water partition coefficient (Wildman–Crippen LogP) is 3.67. The first-order valence-electron chi connectivity index (χ1n) is 9.41. The maximum absolute atomic E-state index is 11.3. The van der Waals surface area contributed by atoms with Crippen LogP contribution < -0.4 is 5.73 Å². The Labute approximate surface area is 170 Å². The number of pyridine rings is 1. The standard InChI is InChI=1S/C22H26N4OS/c1-4-20-19(12-18-10-15(2)9-16(3)11-18)25-22(28-14-21(23)27)26(20)13-17-5-7-24-8-6-17/h5-11H,4,12-14H2,1-3H3,(H2,23,27). The highest BCUT2D eigenvalue weighted by molar-refractivity contribution is 7.99. The first kappa shape index (κ1) is 20.1.